The van der Waals surface area contributed by atoms with E-state index in [0.717, 1.165) is 5.56 Å². The molecule has 0 heterocycles. The maximum atomic E-state index is 12.2. The molecule has 0 amide bonds. The predicted molar refractivity (Wildman–Crippen MR) is 83.0 cm³/mol. The maximum Gasteiger partial charge on any atom is 0.240 e. The summed E-state index contributed by atoms with van der Waals surface area (Å²) in [6.07, 6.45) is 2.35. The minimum atomic E-state index is -3.52. The molecule has 118 valence electrons. The first-order valence-electron chi connectivity index (χ1n) is 7.12. The van der Waals surface area contributed by atoms with E-state index >= 15 is 0 Å². The molecule has 1 aromatic rings. The molecule has 5 nitrogen and oxygen atoms in total. The highest BCUT2D eigenvalue weighted by Crippen LogP contribution is 2.23. The number of halogens is 1. The molecule has 2 rings (SSSR count). The van der Waals surface area contributed by atoms with E-state index < -0.39 is 10.0 Å². The fourth-order valence-corrected chi connectivity index (χ4v) is 3.12. The summed E-state index contributed by atoms with van der Waals surface area (Å²) >= 11 is 6.12. The lowest BCUT2D eigenvalue weighted by molar-refractivity contribution is 0.153. The Bertz CT molecular complexity index is 574. The Labute approximate surface area is 131 Å². The largest absolute Gasteiger partial charge is 0.380 e. The van der Waals surface area contributed by atoms with E-state index in [0.29, 0.717) is 30.8 Å². The molecule has 1 saturated carbocycles. The van der Waals surface area contributed by atoms with Crippen LogP contribution in [-0.2, 0) is 21.3 Å². The van der Waals surface area contributed by atoms with Gasteiger partial charge < -0.3 is 10.1 Å². The van der Waals surface area contributed by atoms with Gasteiger partial charge in [-0.1, -0.05) is 11.6 Å². The maximum absolute atomic E-state index is 12.2. The quantitative estimate of drug-likeness (QED) is 0.678. The zero-order valence-corrected chi connectivity index (χ0v) is 13.6. The van der Waals surface area contributed by atoms with Gasteiger partial charge in [0.1, 0.15) is 0 Å². The first-order valence-corrected chi connectivity index (χ1v) is 8.98. The topological polar surface area (TPSA) is 67.4 Å². The zero-order valence-electron chi connectivity index (χ0n) is 12.1. The Morgan fingerprint density at radius 2 is 2.14 bits per heavy atom. The van der Waals surface area contributed by atoms with E-state index in [1.165, 1.54) is 18.9 Å². The molecule has 1 aromatic carbocycles. The van der Waals surface area contributed by atoms with Crippen molar-refractivity contribution in [3.8, 4) is 0 Å². The third-order valence-electron chi connectivity index (χ3n) is 3.23. The van der Waals surface area contributed by atoms with Gasteiger partial charge in [-0.25, -0.2) is 13.1 Å². The number of hydrogen-bond donors (Lipinski definition) is 2. The van der Waals surface area contributed by atoms with Gasteiger partial charge >= 0.3 is 0 Å². The van der Waals surface area contributed by atoms with Crippen molar-refractivity contribution in [1.29, 1.82) is 0 Å². The lowest BCUT2D eigenvalue weighted by Crippen LogP contribution is -2.27. The molecule has 21 heavy (non-hydrogen) atoms. The number of sulfonamides is 1. The summed E-state index contributed by atoms with van der Waals surface area (Å²) in [5.41, 5.74) is 0.802. The smallest absolute Gasteiger partial charge is 0.240 e. The summed E-state index contributed by atoms with van der Waals surface area (Å²) in [4.78, 5) is 0.232. The fraction of sp³-hybridized carbons (Fsp3) is 0.571. The van der Waals surface area contributed by atoms with E-state index in [1.54, 1.807) is 12.1 Å². The van der Waals surface area contributed by atoms with Gasteiger partial charge in [-0.3, -0.25) is 0 Å². The zero-order chi connectivity index (χ0) is 15.3. The normalized spacial score (nSPS) is 15.3. The van der Waals surface area contributed by atoms with Crippen LogP contribution in [0.5, 0.6) is 0 Å². The van der Waals surface area contributed by atoms with Crippen molar-refractivity contribution in [3.63, 3.8) is 0 Å². The Morgan fingerprint density at radius 1 is 1.38 bits per heavy atom. The molecule has 0 atom stereocenters. The predicted octanol–water partition coefficient (Wildman–Crippen LogP) is 1.91. The van der Waals surface area contributed by atoms with Gasteiger partial charge in [0.15, 0.2) is 0 Å². The molecule has 7 heteroatoms. The Hall–Kier alpha value is -0.660. The molecule has 1 aliphatic carbocycles. The first-order chi connectivity index (χ1) is 10.0. The van der Waals surface area contributed by atoms with Crippen LogP contribution in [0.4, 0.5) is 0 Å². The number of nitrogens with one attached hydrogen (secondary N) is 2. The van der Waals surface area contributed by atoms with Gasteiger partial charge in [0, 0.05) is 30.8 Å². The summed E-state index contributed by atoms with van der Waals surface area (Å²) < 4.78 is 32.0. The Morgan fingerprint density at radius 3 is 2.81 bits per heavy atom. The van der Waals surface area contributed by atoms with Crippen molar-refractivity contribution in [1.82, 2.24) is 10.0 Å². The highest BCUT2D eigenvalue weighted by molar-refractivity contribution is 7.89. The van der Waals surface area contributed by atoms with Crippen molar-refractivity contribution in [2.45, 2.75) is 37.2 Å². The van der Waals surface area contributed by atoms with Crippen LogP contribution in [0.1, 0.15) is 25.3 Å². The standard InChI is InChI=1S/C14H21ClN2O3S/c1-2-20-8-7-17-21(18,19)13-5-6-14(15)11(9-13)10-16-12-3-4-12/h5-6,9,12,16-17H,2-4,7-8,10H2,1H3. The molecule has 0 radical (unpaired) electrons. The third kappa shape index (κ3) is 5.23. The van der Waals surface area contributed by atoms with E-state index in [2.05, 4.69) is 10.0 Å². The fourth-order valence-electron chi connectivity index (χ4n) is 1.87. The molecular formula is C14H21ClN2O3S. The lowest BCUT2D eigenvalue weighted by Gasteiger charge is -2.10. The molecule has 0 bridgehead atoms. The third-order valence-corrected chi connectivity index (χ3v) is 5.06. The van der Waals surface area contributed by atoms with Crippen LogP contribution in [0.15, 0.2) is 23.1 Å². The van der Waals surface area contributed by atoms with Gasteiger partial charge in [-0.2, -0.15) is 0 Å². The van der Waals surface area contributed by atoms with Crippen LogP contribution in [0.2, 0.25) is 5.02 Å². The van der Waals surface area contributed by atoms with Crippen molar-refractivity contribution in [2.24, 2.45) is 0 Å². The van der Waals surface area contributed by atoms with Crippen molar-refractivity contribution < 1.29 is 13.2 Å². The van der Waals surface area contributed by atoms with Crippen LogP contribution in [0, 0.1) is 0 Å². The number of rotatable bonds is 9. The highest BCUT2D eigenvalue weighted by Gasteiger charge is 2.21. The second-order valence-corrected chi connectivity index (χ2v) is 7.18. The molecular weight excluding hydrogens is 312 g/mol. The second kappa shape index (κ2) is 7.56. The van der Waals surface area contributed by atoms with Gasteiger partial charge in [-0.05, 0) is 43.5 Å². The summed E-state index contributed by atoms with van der Waals surface area (Å²) in [5.74, 6) is 0. The SMILES string of the molecule is CCOCCNS(=O)(=O)c1ccc(Cl)c(CNC2CC2)c1. The van der Waals surface area contributed by atoms with Crippen LogP contribution in [-0.4, -0.2) is 34.2 Å². The average Bonchev–Trinajstić information content (AvgIpc) is 3.27. The van der Waals surface area contributed by atoms with Gasteiger partial charge in [-0.15, -0.1) is 0 Å². The summed E-state index contributed by atoms with van der Waals surface area (Å²) in [5, 5.41) is 3.91. The average molecular weight is 333 g/mol. The Balaban J connectivity index is 2.01. The van der Waals surface area contributed by atoms with E-state index in [4.69, 9.17) is 16.3 Å². The monoisotopic (exact) mass is 332 g/mol. The molecule has 2 N–H and O–H groups in total. The van der Waals surface area contributed by atoms with E-state index in [1.807, 2.05) is 6.92 Å². The van der Waals surface area contributed by atoms with E-state index in [-0.39, 0.29) is 11.4 Å². The number of ether oxygens (including phenoxy) is 1. The first kappa shape index (κ1) is 16.7. The van der Waals surface area contributed by atoms with Gasteiger partial charge in [0.25, 0.3) is 0 Å². The van der Waals surface area contributed by atoms with E-state index in [9.17, 15) is 8.42 Å². The van der Waals surface area contributed by atoms with Crippen LogP contribution in [0.25, 0.3) is 0 Å². The Kier molecular flexibility index (Phi) is 6.01. The number of benzene rings is 1. The molecule has 1 aliphatic rings. The van der Waals surface area contributed by atoms with Crippen molar-refractivity contribution in [2.75, 3.05) is 19.8 Å². The lowest BCUT2D eigenvalue weighted by atomic mass is 10.2. The van der Waals surface area contributed by atoms with Crippen LogP contribution in [0.3, 0.4) is 0 Å². The molecule has 0 aromatic heterocycles. The van der Waals surface area contributed by atoms with Crippen molar-refractivity contribution >= 4 is 21.6 Å². The minimum absolute atomic E-state index is 0.232. The molecule has 0 unspecified atom stereocenters. The van der Waals surface area contributed by atoms with Crippen LogP contribution < -0.4 is 10.0 Å². The molecule has 0 saturated heterocycles. The molecule has 0 aliphatic heterocycles. The van der Waals surface area contributed by atoms with Gasteiger partial charge in [0.05, 0.1) is 11.5 Å². The minimum Gasteiger partial charge on any atom is -0.380 e. The summed E-state index contributed by atoms with van der Waals surface area (Å²) in [6, 6.07) is 5.32. The molecule has 1 fully saturated rings. The van der Waals surface area contributed by atoms with Crippen LogP contribution >= 0.6 is 11.6 Å². The number of hydrogen-bond acceptors (Lipinski definition) is 4. The van der Waals surface area contributed by atoms with Crippen molar-refractivity contribution in [3.05, 3.63) is 28.8 Å². The second-order valence-electron chi connectivity index (χ2n) is 5.00. The summed E-state index contributed by atoms with van der Waals surface area (Å²) in [6.45, 7) is 3.65. The summed E-state index contributed by atoms with van der Waals surface area (Å²) in [7, 11) is -3.52. The molecule has 0 spiro atoms. The highest BCUT2D eigenvalue weighted by atomic mass is 35.5. The van der Waals surface area contributed by atoms with Gasteiger partial charge in [0.2, 0.25) is 10.0 Å².